The van der Waals surface area contributed by atoms with Gasteiger partial charge in [0.25, 0.3) is 11.6 Å². The van der Waals surface area contributed by atoms with Gasteiger partial charge < -0.3 is 10.6 Å². The Morgan fingerprint density at radius 3 is 2.62 bits per heavy atom. The van der Waals surface area contributed by atoms with Gasteiger partial charge in [0.2, 0.25) is 5.95 Å². The maximum absolute atomic E-state index is 13.7. The van der Waals surface area contributed by atoms with Crippen LogP contribution < -0.4 is 10.6 Å². The average Bonchev–Trinajstić information content (AvgIpc) is 3.17. The predicted octanol–water partition coefficient (Wildman–Crippen LogP) is 5.49. The van der Waals surface area contributed by atoms with Crippen molar-refractivity contribution in [3.63, 3.8) is 0 Å². The number of amides is 1. The summed E-state index contributed by atoms with van der Waals surface area (Å²) in [5.41, 5.74) is 6.08. The third-order valence-corrected chi connectivity index (χ3v) is 6.10. The molecule has 1 atom stereocenters. The predicted molar refractivity (Wildman–Crippen MR) is 132 cm³/mol. The highest BCUT2D eigenvalue weighted by atomic mass is 16.6. The number of aryl methyl sites for hydroxylation is 2. The van der Waals surface area contributed by atoms with E-state index in [2.05, 4.69) is 10.6 Å². The monoisotopic (exact) mass is 453 g/mol. The molecule has 1 unspecified atom stereocenters. The molecule has 0 spiro atoms. The second kappa shape index (κ2) is 8.15. The van der Waals surface area contributed by atoms with Gasteiger partial charge in [0.15, 0.2) is 0 Å². The number of carbonyl (C=O) groups is 1. The van der Waals surface area contributed by atoms with Crippen LogP contribution in [0.5, 0.6) is 0 Å². The largest absolute Gasteiger partial charge is 0.329 e. The zero-order chi connectivity index (χ0) is 24.0. The molecule has 8 heteroatoms. The number of benzene rings is 3. The number of non-ortho nitro benzene ring substituents is 1. The maximum atomic E-state index is 13.7. The van der Waals surface area contributed by atoms with Crippen LogP contribution in [0.15, 0.2) is 78.0 Å². The molecule has 34 heavy (non-hydrogen) atoms. The zero-order valence-electron chi connectivity index (χ0n) is 19.0. The second-order valence-corrected chi connectivity index (χ2v) is 8.48. The number of hydrogen-bond donors (Lipinski definition) is 2. The Labute approximate surface area is 196 Å². The van der Waals surface area contributed by atoms with Crippen molar-refractivity contribution in [2.24, 2.45) is 0 Å². The van der Waals surface area contributed by atoms with Crippen molar-refractivity contribution in [2.45, 2.75) is 26.8 Å². The van der Waals surface area contributed by atoms with Gasteiger partial charge in [-0.3, -0.25) is 19.5 Å². The quantitative estimate of drug-likeness (QED) is 0.314. The number of nitro benzene ring substituents is 1. The fourth-order valence-electron chi connectivity index (χ4n) is 4.53. The minimum absolute atomic E-state index is 0.0335. The van der Waals surface area contributed by atoms with Gasteiger partial charge in [0, 0.05) is 23.5 Å². The topological polar surface area (TPSA) is 102 Å². The Kier molecular flexibility index (Phi) is 5.13. The van der Waals surface area contributed by atoms with Gasteiger partial charge in [0.1, 0.15) is 0 Å². The first-order valence-corrected chi connectivity index (χ1v) is 10.9. The summed E-state index contributed by atoms with van der Waals surface area (Å²) in [5, 5.41) is 17.8. The molecule has 0 fully saturated rings. The molecule has 1 amide bonds. The van der Waals surface area contributed by atoms with E-state index in [1.807, 2.05) is 67.8 Å². The van der Waals surface area contributed by atoms with Gasteiger partial charge in [0.05, 0.1) is 27.6 Å². The number of imidazole rings is 1. The Morgan fingerprint density at radius 2 is 1.85 bits per heavy atom. The van der Waals surface area contributed by atoms with Crippen molar-refractivity contribution in [1.82, 2.24) is 9.55 Å². The number of fused-ring (bicyclic) bond motifs is 3. The summed E-state index contributed by atoms with van der Waals surface area (Å²) < 4.78 is 1.93. The van der Waals surface area contributed by atoms with E-state index in [4.69, 9.17) is 4.98 Å². The molecule has 1 aromatic heterocycles. The summed E-state index contributed by atoms with van der Waals surface area (Å²) in [7, 11) is 0. The Hall–Kier alpha value is -4.46. The number of aromatic nitrogens is 2. The number of allylic oxidation sites excluding steroid dienone is 1. The summed E-state index contributed by atoms with van der Waals surface area (Å²) in [5.74, 6) is 0.301. The van der Waals surface area contributed by atoms with E-state index in [1.165, 1.54) is 12.1 Å². The molecule has 0 saturated heterocycles. The summed E-state index contributed by atoms with van der Waals surface area (Å²) in [6.45, 7) is 5.77. The molecule has 2 N–H and O–H groups in total. The minimum atomic E-state index is -0.602. The molecule has 8 nitrogen and oxygen atoms in total. The van der Waals surface area contributed by atoms with Crippen LogP contribution in [0, 0.1) is 24.0 Å². The SMILES string of the molecule is CC1=C(C(=O)Nc2ccc(C)cc2C)C(c2cccc([N+](=O)[O-])c2)n2c(nc3ccccc32)N1. The third kappa shape index (κ3) is 3.59. The third-order valence-electron chi connectivity index (χ3n) is 6.10. The van der Waals surface area contributed by atoms with Gasteiger partial charge in [-0.15, -0.1) is 0 Å². The van der Waals surface area contributed by atoms with Crippen molar-refractivity contribution in [2.75, 3.05) is 10.6 Å². The van der Waals surface area contributed by atoms with Gasteiger partial charge in [-0.05, 0) is 50.1 Å². The lowest BCUT2D eigenvalue weighted by atomic mass is 9.93. The lowest BCUT2D eigenvalue weighted by Gasteiger charge is -2.30. The van der Waals surface area contributed by atoms with E-state index in [0.717, 1.165) is 27.8 Å². The van der Waals surface area contributed by atoms with Crippen LogP contribution in [-0.2, 0) is 4.79 Å². The molecule has 0 saturated carbocycles. The highest BCUT2D eigenvalue weighted by Crippen LogP contribution is 2.40. The van der Waals surface area contributed by atoms with Crippen LogP contribution in [0.3, 0.4) is 0 Å². The minimum Gasteiger partial charge on any atom is -0.329 e. The van der Waals surface area contributed by atoms with Crippen LogP contribution in [0.1, 0.15) is 29.7 Å². The van der Waals surface area contributed by atoms with Crippen molar-refractivity contribution in [1.29, 1.82) is 0 Å². The average molecular weight is 454 g/mol. The molecule has 2 heterocycles. The summed E-state index contributed by atoms with van der Waals surface area (Å²) in [4.78, 5) is 29.5. The van der Waals surface area contributed by atoms with E-state index >= 15 is 0 Å². The Bertz CT molecular complexity index is 1500. The van der Waals surface area contributed by atoms with Crippen molar-refractivity contribution in [3.05, 3.63) is 105 Å². The number of rotatable bonds is 4. The number of hydrogen-bond acceptors (Lipinski definition) is 5. The number of para-hydroxylation sites is 2. The van der Waals surface area contributed by atoms with Gasteiger partial charge in [-0.1, -0.05) is 42.0 Å². The molecule has 1 aliphatic heterocycles. The standard InChI is InChI=1S/C26H23N5O3/c1-15-11-12-20(16(2)13-15)28-25(32)23-17(3)27-26-29-21-9-4-5-10-22(21)30(26)24(23)18-7-6-8-19(14-18)31(33)34/h4-14,24H,1-3H3,(H,27,29)(H,28,32). The van der Waals surface area contributed by atoms with E-state index in [9.17, 15) is 14.9 Å². The lowest BCUT2D eigenvalue weighted by Crippen LogP contribution is -2.31. The van der Waals surface area contributed by atoms with Crippen molar-refractivity contribution < 1.29 is 9.72 Å². The molecule has 0 radical (unpaired) electrons. The Balaban J connectivity index is 1.68. The first kappa shape index (κ1) is 21.4. The number of anilines is 2. The van der Waals surface area contributed by atoms with E-state index in [0.29, 0.717) is 22.8 Å². The fraction of sp³-hybridized carbons (Fsp3) is 0.154. The molecule has 5 rings (SSSR count). The van der Waals surface area contributed by atoms with Crippen LogP contribution in [-0.4, -0.2) is 20.4 Å². The zero-order valence-corrected chi connectivity index (χ0v) is 19.0. The first-order valence-electron chi connectivity index (χ1n) is 10.9. The van der Waals surface area contributed by atoms with Gasteiger partial charge >= 0.3 is 0 Å². The second-order valence-electron chi connectivity index (χ2n) is 8.48. The highest BCUT2D eigenvalue weighted by molar-refractivity contribution is 6.06. The Morgan fingerprint density at radius 1 is 1.06 bits per heavy atom. The van der Waals surface area contributed by atoms with Gasteiger partial charge in [-0.2, -0.15) is 0 Å². The lowest BCUT2D eigenvalue weighted by molar-refractivity contribution is -0.384. The van der Waals surface area contributed by atoms with E-state index < -0.39 is 11.0 Å². The van der Waals surface area contributed by atoms with Crippen LogP contribution in [0.2, 0.25) is 0 Å². The smallest absolute Gasteiger partial charge is 0.269 e. The van der Waals surface area contributed by atoms with E-state index in [-0.39, 0.29) is 11.6 Å². The van der Waals surface area contributed by atoms with Crippen LogP contribution in [0.25, 0.3) is 11.0 Å². The number of carbonyl (C=O) groups excluding carboxylic acids is 1. The summed E-state index contributed by atoms with van der Waals surface area (Å²) in [6.07, 6.45) is 0. The normalized spacial score (nSPS) is 15.1. The van der Waals surface area contributed by atoms with E-state index in [1.54, 1.807) is 12.1 Å². The van der Waals surface area contributed by atoms with Crippen LogP contribution in [0.4, 0.5) is 17.3 Å². The maximum Gasteiger partial charge on any atom is 0.269 e. The summed E-state index contributed by atoms with van der Waals surface area (Å²) in [6, 6.07) is 19.3. The molecular formula is C26H23N5O3. The highest BCUT2D eigenvalue weighted by Gasteiger charge is 2.34. The molecule has 0 aliphatic carbocycles. The molecular weight excluding hydrogens is 430 g/mol. The first-order chi connectivity index (χ1) is 16.3. The molecule has 3 aromatic carbocycles. The number of nitrogens with zero attached hydrogens (tertiary/aromatic N) is 3. The molecule has 1 aliphatic rings. The molecule has 0 bridgehead atoms. The van der Waals surface area contributed by atoms with Crippen molar-refractivity contribution >= 4 is 34.3 Å². The molecule has 170 valence electrons. The molecule has 4 aromatic rings. The van der Waals surface area contributed by atoms with Crippen LogP contribution >= 0.6 is 0 Å². The number of nitro groups is 1. The fourth-order valence-corrected chi connectivity index (χ4v) is 4.53. The summed E-state index contributed by atoms with van der Waals surface area (Å²) >= 11 is 0. The van der Waals surface area contributed by atoms with Crippen molar-refractivity contribution in [3.8, 4) is 0 Å². The number of nitrogens with one attached hydrogen (secondary N) is 2. The van der Waals surface area contributed by atoms with Gasteiger partial charge in [-0.25, -0.2) is 4.98 Å².